The third kappa shape index (κ3) is 2.88. The van der Waals surface area contributed by atoms with E-state index in [2.05, 4.69) is 30.0 Å². The van der Waals surface area contributed by atoms with Gasteiger partial charge in [-0.1, -0.05) is 0 Å². The van der Waals surface area contributed by atoms with Gasteiger partial charge in [-0.15, -0.1) is 0 Å². The molecule has 120 valence electrons. The van der Waals surface area contributed by atoms with E-state index in [-0.39, 0.29) is 5.91 Å². The topological polar surface area (TPSA) is 90.9 Å². The normalized spacial score (nSPS) is 18.9. The quantitative estimate of drug-likeness (QED) is 0.900. The number of carbonyl (C=O) groups is 1. The number of nitrogens with zero attached hydrogens (tertiary/aromatic N) is 6. The van der Waals surface area contributed by atoms with Crippen LogP contribution in [-0.4, -0.2) is 61.1 Å². The van der Waals surface area contributed by atoms with Crippen molar-refractivity contribution < 1.29 is 4.79 Å². The number of likely N-dealkylation sites (tertiary alicyclic amines) is 1. The Kier molecular flexibility index (Phi) is 3.64. The van der Waals surface area contributed by atoms with E-state index in [1.165, 1.54) is 19.2 Å². The average molecular weight is 313 g/mol. The monoisotopic (exact) mass is 313 g/mol. The summed E-state index contributed by atoms with van der Waals surface area (Å²) < 4.78 is 0. The van der Waals surface area contributed by atoms with Crippen molar-refractivity contribution in [1.82, 2.24) is 30.0 Å². The van der Waals surface area contributed by atoms with E-state index < -0.39 is 0 Å². The van der Waals surface area contributed by atoms with Crippen LogP contribution in [-0.2, 0) is 0 Å². The number of piperidine rings is 1. The first-order valence-corrected chi connectivity index (χ1v) is 8.02. The molecule has 2 aromatic heterocycles. The van der Waals surface area contributed by atoms with Gasteiger partial charge in [0.2, 0.25) is 5.82 Å². The van der Waals surface area contributed by atoms with E-state index >= 15 is 0 Å². The second kappa shape index (κ2) is 5.94. The van der Waals surface area contributed by atoms with Gasteiger partial charge in [-0.05, 0) is 31.7 Å². The first-order chi connectivity index (χ1) is 11.3. The maximum atomic E-state index is 12.3. The lowest BCUT2D eigenvalue weighted by Gasteiger charge is -2.39. The Bertz CT molecular complexity index is 648. The Morgan fingerprint density at radius 1 is 1.13 bits per heavy atom. The Hall–Kier alpha value is -2.51. The molecule has 1 aliphatic carbocycles. The van der Waals surface area contributed by atoms with Gasteiger partial charge >= 0.3 is 0 Å². The highest BCUT2D eigenvalue weighted by Crippen LogP contribution is 2.35. The molecule has 2 aromatic rings. The molecule has 2 aliphatic rings. The van der Waals surface area contributed by atoms with Gasteiger partial charge in [0.15, 0.2) is 0 Å². The molecule has 1 amide bonds. The van der Waals surface area contributed by atoms with Crippen LogP contribution in [0.5, 0.6) is 0 Å². The van der Waals surface area contributed by atoms with E-state index in [9.17, 15) is 4.79 Å². The van der Waals surface area contributed by atoms with Crippen molar-refractivity contribution in [2.24, 2.45) is 0 Å². The van der Waals surface area contributed by atoms with Crippen molar-refractivity contribution in [2.75, 3.05) is 18.0 Å². The number of anilines is 1. The molecule has 4 rings (SSSR count). The van der Waals surface area contributed by atoms with Crippen molar-refractivity contribution in [3.63, 3.8) is 0 Å². The molecule has 1 N–H and O–H groups in total. The molecule has 1 saturated heterocycles. The zero-order chi connectivity index (χ0) is 15.6. The number of hydrogen-bond donors (Lipinski definition) is 1. The maximum Gasteiger partial charge on any atom is 0.291 e. The Labute approximate surface area is 133 Å². The summed E-state index contributed by atoms with van der Waals surface area (Å²) in [4.78, 5) is 29.0. The molecule has 1 saturated carbocycles. The molecule has 1 aliphatic heterocycles. The number of amides is 1. The zero-order valence-corrected chi connectivity index (χ0v) is 12.8. The van der Waals surface area contributed by atoms with Crippen LogP contribution >= 0.6 is 0 Å². The molecule has 0 spiro atoms. The van der Waals surface area contributed by atoms with Crippen LogP contribution in [0.3, 0.4) is 0 Å². The second-order valence-corrected chi connectivity index (χ2v) is 6.06. The highest BCUT2D eigenvalue weighted by molar-refractivity contribution is 5.90. The summed E-state index contributed by atoms with van der Waals surface area (Å²) in [5, 5.41) is 6.39. The van der Waals surface area contributed by atoms with Crippen molar-refractivity contribution >= 4 is 11.7 Å². The minimum atomic E-state index is -0.0686. The van der Waals surface area contributed by atoms with Gasteiger partial charge in [0.1, 0.15) is 18.5 Å². The van der Waals surface area contributed by atoms with E-state index in [0.29, 0.717) is 17.9 Å². The molecule has 8 nitrogen and oxygen atoms in total. The second-order valence-electron chi connectivity index (χ2n) is 6.06. The lowest BCUT2D eigenvalue weighted by molar-refractivity contribution is 0.0700. The minimum Gasteiger partial charge on any atom is -0.350 e. The average Bonchev–Trinajstić information content (AvgIpc) is 3.28. The maximum absolute atomic E-state index is 12.3. The van der Waals surface area contributed by atoms with Crippen LogP contribution < -0.4 is 4.90 Å². The summed E-state index contributed by atoms with van der Waals surface area (Å²) in [5.41, 5.74) is 0. The predicted molar refractivity (Wildman–Crippen MR) is 82.8 cm³/mol. The summed E-state index contributed by atoms with van der Waals surface area (Å²) >= 11 is 0. The molecule has 0 unspecified atom stereocenters. The van der Waals surface area contributed by atoms with Gasteiger partial charge in [-0.2, -0.15) is 5.10 Å². The SMILES string of the molecule is O=C(c1ncn[nH]1)N1CCC(N(c2ccncn2)C2CC2)CC1. The van der Waals surface area contributed by atoms with Crippen LogP contribution in [0.2, 0.25) is 0 Å². The molecule has 2 fully saturated rings. The minimum absolute atomic E-state index is 0.0686. The van der Waals surface area contributed by atoms with E-state index in [0.717, 1.165) is 31.7 Å². The van der Waals surface area contributed by atoms with E-state index in [1.807, 2.05) is 11.0 Å². The molecular formula is C15H19N7O. The van der Waals surface area contributed by atoms with Crippen molar-refractivity contribution in [1.29, 1.82) is 0 Å². The summed E-state index contributed by atoms with van der Waals surface area (Å²) in [7, 11) is 0. The zero-order valence-electron chi connectivity index (χ0n) is 12.8. The summed E-state index contributed by atoms with van der Waals surface area (Å²) in [6, 6.07) is 2.99. The van der Waals surface area contributed by atoms with Gasteiger partial charge in [-0.25, -0.2) is 15.0 Å². The van der Waals surface area contributed by atoms with Crippen LogP contribution in [0.4, 0.5) is 5.82 Å². The summed E-state index contributed by atoms with van der Waals surface area (Å²) in [6.45, 7) is 1.47. The Morgan fingerprint density at radius 3 is 2.52 bits per heavy atom. The first kappa shape index (κ1) is 14.1. The number of aromatic amines is 1. The number of nitrogens with one attached hydrogen (secondary N) is 1. The Balaban J connectivity index is 1.43. The van der Waals surface area contributed by atoms with Crippen molar-refractivity contribution in [3.8, 4) is 0 Å². The lowest BCUT2D eigenvalue weighted by atomic mass is 10.0. The number of H-pyrrole nitrogens is 1. The van der Waals surface area contributed by atoms with E-state index in [1.54, 1.807) is 12.5 Å². The number of hydrogen-bond acceptors (Lipinski definition) is 6. The van der Waals surface area contributed by atoms with Gasteiger partial charge < -0.3 is 9.80 Å². The van der Waals surface area contributed by atoms with Gasteiger partial charge in [-0.3, -0.25) is 9.89 Å². The third-order valence-electron chi connectivity index (χ3n) is 4.53. The van der Waals surface area contributed by atoms with Gasteiger partial charge in [0.05, 0.1) is 0 Å². The van der Waals surface area contributed by atoms with Crippen molar-refractivity contribution in [3.05, 3.63) is 30.7 Å². The number of aromatic nitrogens is 5. The molecule has 0 aromatic carbocycles. The third-order valence-corrected chi connectivity index (χ3v) is 4.53. The van der Waals surface area contributed by atoms with E-state index in [4.69, 9.17) is 0 Å². The predicted octanol–water partition coefficient (Wildman–Crippen LogP) is 0.868. The van der Waals surface area contributed by atoms with Crippen molar-refractivity contribution in [2.45, 2.75) is 37.8 Å². The van der Waals surface area contributed by atoms with Gasteiger partial charge in [0.25, 0.3) is 5.91 Å². The molecule has 3 heterocycles. The van der Waals surface area contributed by atoms with Crippen LogP contribution in [0.15, 0.2) is 24.9 Å². The smallest absolute Gasteiger partial charge is 0.291 e. The van der Waals surface area contributed by atoms with Crippen LogP contribution in [0.1, 0.15) is 36.3 Å². The highest BCUT2D eigenvalue weighted by atomic mass is 16.2. The number of rotatable bonds is 4. The number of carbonyl (C=O) groups excluding carboxylic acids is 1. The summed E-state index contributed by atoms with van der Waals surface area (Å²) in [5.74, 6) is 1.25. The van der Waals surface area contributed by atoms with Crippen LogP contribution in [0, 0.1) is 0 Å². The molecule has 23 heavy (non-hydrogen) atoms. The standard InChI is InChI=1S/C15H19N7O/c23-15(14-18-10-19-20-14)21-7-4-12(5-8-21)22(11-1-2-11)13-3-6-16-9-17-13/h3,6,9-12H,1-2,4-5,7-8H2,(H,18,19,20). The fraction of sp³-hybridized carbons (Fsp3) is 0.533. The summed E-state index contributed by atoms with van der Waals surface area (Å²) in [6.07, 6.45) is 9.10. The fourth-order valence-corrected chi connectivity index (χ4v) is 3.27. The molecule has 0 atom stereocenters. The lowest BCUT2D eigenvalue weighted by Crippen LogP contribution is -2.48. The first-order valence-electron chi connectivity index (χ1n) is 8.02. The molecule has 0 bridgehead atoms. The Morgan fingerprint density at radius 2 is 1.91 bits per heavy atom. The molecule has 0 radical (unpaired) electrons. The fourth-order valence-electron chi connectivity index (χ4n) is 3.27. The molecular weight excluding hydrogens is 294 g/mol. The van der Waals surface area contributed by atoms with Gasteiger partial charge in [0, 0.05) is 31.4 Å². The van der Waals surface area contributed by atoms with Crippen LogP contribution in [0.25, 0.3) is 0 Å². The molecule has 8 heteroatoms. The largest absolute Gasteiger partial charge is 0.350 e. The highest BCUT2D eigenvalue weighted by Gasteiger charge is 2.37.